The number of piperazine rings is 1. The number of hydrogen-bond donors (Lipinski definition) is 1. The Morgan fingerprint density at radius 2 is 1.81 bits per heavy atom. The Kier molecular flexibility index (Phi) is 8.66. The molecule has 1 aromatic rings. The molecule has 0 saturated carbocycles. The number of aliphatic imine (C=N–C) groups is 1. The third-order valence-electron chi connectivity index (χ3n) is 5.38. The zero-order valence-electron chi connectivity index (χ0n) is 20.5. The molecule has 2 rings (SSSR count). The minimum Gasteiger partial charge on any atom is -0.493 e. The van der Waals surface area contributed by atoms with Crippen molar-refractivity contribution in [1.82, 2.24) is 14.7 Å². The van der Waals surface area contributed by atoms with Crippen molar-refractivity contribution < 1.29 is 19.4 Å². The molecule has 0 bridgehead atoms. The van der Waals surface area contributed by atoms with Gasteiger partial charge in [-0.1, -0.05) is 26.8 Å². The smallest absolute Gasteiger partial charge is 0.325 e. The van der Waals surface area contributed by atoms with E-state index in [0.29, 0.717) is 44.4 Å². The summed E-state index contributed by atoms with van der Waals surface area (Å²) in [6.45, 7) is 14.9. The van der Waals surface area contributed by atoms with Crippen molar-refractivity contribution >= 4 is 17.8 Å². The lowest BCUT2D eigenvalue weighted by molar-refractivity contribution is -0.138. The summed E-state index contributed by atoms with van der Waals surface area (Å²) < 4.78 is 5.97. The molecule has 32 heavy (non-hydrogen) atoms. The molecule has 8 heteroatoms. The normalized spacial score (nSPS) is 15.8. The number of hydrogen-bond acceptors (Lipinski definition) is 5. The summed E-state index contributed by atoms with van der Waals surface area (Å²) >= 11 is 0. The number of rotatable bonds is 6. The predicted octanol–water partition coefficient (Wildman–Crippen LogP) is 3.29. The molecule has 0 aliphatic carbocycles. The lowest BCUT2D eigenvalue weighted by Crippen LogP contribution is -2.54. The SMILES string of the molecule is CCOc1cc(C(C)(C)C)ccc1C(=NC(C)C)N(C)C(=O)N1CCN(CC(=O)O)CC1. The number of nitrogens with zero attached hydrogens (tertiary/aromatic N) is 4. The van der Waals surface area contributed by atoms with Gasteiger partial charge in [0.15, 0.2) is 0 Å². The number of urea groups is 1. The second-order valence-electron chi connectivity index (χ2n) is 9.44. The molecule has 1 heterocycles. The molecule has 8 nitrogen and oxygen atoms in total. The van der Waals surface area contributed by atoms with E-state index < -0.39 is 5.97 Å². The van der Waals surface area contributed by atoms with Gasteiger partial charge in [-0.25, -0.2) is 4.79 Å². The maximum Gasteiger partial charge on any atom is 0.325 e. The van der Waals surface area contributed by atoms with Crippen molar-refractivity contribution in [2.75, 3.05) is 46.4 Å². The van der Waals surface area contributed by atoms with Gasteiger partial charge in [0, 0.05) is 39.3 Å². The average Bonchev–Trinajstić information content (AvgIpc) is 2.70. The first-order chi connectivity index (χ1) is 14.9. The Bertz CT molecular complexity index is 837. The van der Waals surface area contributed by atoms with Crippen molar-refractivity contribution in [2.45, 2.75) is 53.0 Å². The fourth-order valence-electron chi connectivity index (χ4n) is 3.62. The van der Waals surface area contributed by atoms with Crippen molar-refractivity contribution in [2.24, 2.45) is 4.99 Å². The molecule has 2 amide bonds. The third kappa shape index (κ3) is 6.69. The van der Waals surface area contributed by atoms with Crippen LogP contribution < -0.4 is 4.74 Å². The van der Waals surface area contributed by atoms with Crippen LogP contribution in [0, 0.1) is 0 Å². The van der Waals surface area contributed by atoms with Crippen LogP contribution in [0.25, 0.3) is 0 Å². The van der Waals surface area contributed by atoms with E-state index in [1.807, 2.05) is 37.8 Å². The van der Waals surface area contributed by atoms with Crippen LogP contribution in [0.15, 0.2) is 23.2 Å². The predicted molar refractivity (Wildman–Crippen MR) is 127 cm³/mol. The van der Waals surface area contributed by atoms with E-state index in [4.69, 9.17) is 14.8 Å². The van der Waals surface area contributed by atoms with E-state index in [-0.39, 0.29) is 24.0 Å². The molecule has 0 aromatic heterocycles. The molecule has 1 aliphatic rings. The van der Waals surface area contributed by atoms with Gasteiger partial charge in [-0.15, -0.1) is 0 Å². The number of carbonyl (C=O) groups is 2. The van der Waals surface area contributed by atoms with Crippen molar-refractivity contribution in [3.63, 3.8) is 0 Å². The summed E-state index contributed by atoms with van der Waals surface area (Å²) in [4.78, 5) is 34.2. The molecular weight excluding hydrogens is 408 g/mol. The minimum atomic E-state index is -0.851. The van der Waals surface area contributed by atoms with Crippen LogP contribution in [0.4, 0.5) is 4.79 Å². The van der Waals surface area contributed by atoms with Crippen LogP contribution in [0.1, 0.15) is 52.7 Å². The summed E-state index contributed by atoms with van der Waals surface area (Å²) in [7, 11) is 1.74. The topological polar surface area (TPSA) is 85.7 Å². The monoisotopic (exact) mass is 446 g/mol. The van der Waals surface area contributed by atoms with Gasteiger partial charge in [0.25, 0.3) is 0 Å². The van der Waals surface area contributed by atoms with Gasteiger partial charge >= 0.3 is 12.0 Å². The van der Waals surface area contributed by atoms with E-state index in [1.165, 1.54) is 0 Å². The van der Waals surface area contributed by atoms with E-state index in [1.54, 1.807) is 16.8 Å². The quantitative estimate of drug-likeness (QED) is 0.535. The van der Waals surface area contributed by atoms with Crippen LogP contribution >= 0.6 is 0 Å². The van der Waals surface area contributed by atoms with Crippen molar-refractivity contribution in [3.05, 3.63) is 29.3 Å². The van der Waals surface area contributed by atoms with Crippen molar-refractivity contribution in [3.8, 4) is 5.75 Å². The number of carboxylic acid groups (broad SMARTS) is 1. The Labute approximate surface area is 191 Å². The third-order valence-corrected chi connectivity index (χ3v) is 5.38. The van der Waals surface area contributed by atoms with E-state index in [0.717, 1.165) is 11.1 Å². The maximum absolute atomic E-state index is 13.3. The molecule has 1 fully saturated rings. The van der Waals surface area contributed by atoms with Crippen LogP contribution in [0.5, 0.6) is 5.75 Å². The Hall–Kier alpha value is -2.61. The summed E-state index contributed by atoms with van der Waals surface area (Å²) in [6, 6.07) is 5.93. The van der Waals surface area contributed by atoms with Crippen LogP contribution in [-0.4, -0.2) is 90.1 Å². The number of carboxylic acids is 1. The van der Waals surface area contributed by atoms with Gasteiger partial charge in [0.2, 0.25) is 0 Å². The lowest BCUT2D eigenvalue weighted by Gasteiger charge is -2.36. The number of amidine groups is 1. The summed E-state index contributed by atoms with van der Waals surface area (Å²) in [6.07, 6.45) is 0. The first kappa shape index (κ1) is 25.6. The molecule has 0 radical (unpaired) electrons. The maximum atomic E-state index is 13.3. The number of carbonyl (C=O) groups excluding carboxylic acids is 1. The highest BCUT2D eigenvalue weighted by molar-refractivity contribution is 6.09. The van der Waals surface area contributed by atoms with Crippen molar-refractivity contribution in [1.29, 1.82) is 0 Å². The Morgan fingerprint density at radius 1 is 1.19 bits per heavy atom. The average molecular weight is 447 g/mol. The van der Waals surface area contributed by atoms with E-state index >= 15 is 0 Å². The van der Waals surface area contributed by atoms with Crippen LogP contribution in [-0.2, 0) is 10.2 Å². The zero-order valence-corrected chi connectivity index (χ0v) is 20.5. The zero-order chi connectivity index (χ0) is 24.1. The van der Waals surface area contributed by atoms with Gasteiger partial charge in [-0.3, -0.25) is 19.6 Å². The minimum absolute atomic E-state index is 0.00420. The summed E-state index contributed by atoms with van der Waals surface area (Å²) in [5.41, 5.74) is 1.91. The van der Waals surface area contributed by atoms with Gasteiger partial charge in [0.05, 0.1) is 18.7 Å². The van der Waals surface area contributed by atoms with Crippen LogP contribution in [0.3, 0.4) is 0 Å². The van der Waals surface area contributed by atoms with E-state index in [2.05, 4.69) is 26.8 Å². The lowest BCUT2D eigenvalue weighted by atomic mass is 9.86. The highest BCUT2D eigenvalue weighted by atomic mass is 16.5. The fourth-order valence-corrected chi connectivity index (χ4v) is 3.62. The first-order valence-electron chi connectivity index (χ1n) is 11.3. The number of ether oxygens (including phenoxy) is 1. The molecule has 1 aromatic carbocycles. The molecule has 1 N–H and O–H groups in total. The fraction of sp³-hybridized carbons (Fsp3) is 0.625. The van der Waals surface area contributed by atoms with Gasteiger partial charge in [-0.05, 0) is 43.9 Å². The van der Waals surface area contributed by atoms with Gasteiger partial charge in [0.1, 0.15) is 11.6 Å². The highest BCUT2D eigenvalue weighted by Gasteiger charge is 2.29. The number of benzene rings is 1. The largest absolute Gasteiger partial charge is 0.493 e. The first-order valence-corrected chi connectivity index (χ1v) is 11.3. The molecule has 178 valence electrons. The second-order valence-corrected chi connectivity index (χ2v) is 9.44. The summed E-state index contributed by atoms with van der Waals surface area (Å²) in [5, 5.41) is 8.99. The summed E-state index contributed by atoms with van der Waals surface area (Å²) in [5.74, 6) is 0.433. The van der Waals surface area contributed by atoms with Gasteiger partial charge in [-0.2, -0.15) is 0 Å². The van der Waals surface area contributed by atoms with E-state index in [9.17, 15) is 9.59 Å². The number of amides is 2. The standard InChI is InChI=1S/C24H38N4O4/c1-8-32-20-15-18(24(4,5)6)9-10-19(20)22(25-17(2)3)26(7)23(31)28-13-11-27(12-14-28)16-21(29)30/h9-10,15,17H,8,11-14,16H2,1-7H3,(H,29,30). The molecule has 0 unspecified atom stereocenters. The second kappa shape index (κ2) is 10.8. The highest BCUT2D eigenvalue weighted by Crippen LogP contribution is 2.30. The molecule has 0 spiro atoms. The van der Waals surface area contributed by atoms with Gasteiger partial charge < -0.3 is 14.7 Å². The molecule has 1 aliphatic heterocycles. The Morgan fingerprint density at radius 3 is 2.31 bits per heavy atom. The molecular formula is C24H38N4O4. The molecule has 1 saturated heterocycles. The number of aliphatic carboxylic acids is 1. The Balaban J connectivity index is 2.32. The molecule has 0 atom stereocenters. The van der Waals surface area contributed by atoms with Crippen LogP contribution in [0.2, 0.25) is 0 Å².